The van der Waals surface area contributed by atoms with E-state index in [1.807, 2.05) is 0 Å². The number of aliphatic hydroxyl groups is 2. The van der Waals surface area contributed by atoms with E-state index in [2.05, 4.69) is 6.58 Å². The van der Waals surface area contributed by atoms with E-state index in [-0.39, 0.29) is 6.10 Å². The number of hydrogen-bond donors (Lipinski definition) is 2. The summed E-state index contributed by atoms with van der Waals surface area (Å²) in [5.74, 6) is 0. The van der Waals surface area contributed by atoms with Crippen molar-refractivity contribution in [3.63, 3.8) is 0 Å². The van der Waals surface area contributed by atoms with E-state index in [9.17, 15) is 10.2 Å². The molecule has 70 valence electrons. The average molecular weight is 172 g/mol. The van der Waals surface area contributed by atoms with Crippen LogP contribution in [0.1, 0.15) is 20.3 Å². The Labute approximate surface area is 72.7 Å². The lowest BCUT2D eigenvalue weighted by molar-refractivity contribution is -0.0629. The van der Waals surface area contributed by atoms with Crippen molar-refractivity contribution in [1.29, 1.82) is 0 Å². The first-order valence-electron chi connectivity index (χ1n) is 4.16. The molecule has 12 heavy (non-hydrogen) atoms. The zero-order chi connectivity index (χ0) is 9.35. The normalized spacial score (nSPS) is 47.8. The summed E-state index contributed by atoms with van der Waals surface area (Å²) in [6.07, 6.45) is 0.342. The van der Waals surface area contributed by atoms with Gasteiger partial charge in [-0.2, -0.15) is 0 Å². The third-order valence-corrected chi connectivity index (χ3v) is 2.43. The fraction of sp³-hybridized carbons (Fsp3) is 0.778. The van der Waals surface area contributed by atoms with Gasteiger partial charge < -0.3 is 14.9 Å². The molecule has 1 aliphatic heterocycles. The molecule has 0 aliphatic carbocycles. The summed E-state index contributed by atoms with van der Waals surface area (Å²) in [6, 6.07) is 0. The van der Waals surface area contributed by atoms with Gasteiger partial charge >= 0.3 is 0 Å². The van der Waals surface area contributed by atoms with Gasteiger partial charge in [0.15, 0.2) is 0 Å². The van der Waals surface area contributed by atoms with Crippen LogP contribution in [-0.4, -0.2) is 34.1 Å². The maximum Gasteiger partial charge on any atom is 0.111 e. The van der Waals surface area contributed by atoms with Crippen molar-refractivity contribution < 1.29 is 14.9 Å². The molecule has 1 aliphatic rings. The van der Waals surface area contributed by atoms with Crippen LogP contribution in [0.15, 0.2) is 12.7 Å². The van der Waals surface area contributed by atoms with Crippen molar-refractivity contribution in [1.82, 2.24) is 0 Å². The van der Waals surface area contributed by atoms with Gasteiger partial charge in [-0.25, -0.2) is 0 Å². The Morgan fingerprint density at radius 1 is 1.58 bits per heavy atom. The summed E-state index contributed by atoms with van der Waals surface area (Å²) in [5.41, 5.74) is -0.666. The van der Waals surface area contributed by atoms with Crippen molar-refractivity contribution in [3.05, 3.63) is 12.7 Å². The molecular formula is C9H16O3. The molecule has 0 aromatic rings. The molecule has 3 heteroatoms. The molecule has 0 spiro atoms. The van der Waals surface area contributed by atoms with Gasteiger partial charge in [0.1, 0.15) is 12.2 Å². The van der Waals surface area contributed by atoms with Gasteiger partial charge in [0, 0.05) is 0 Å². The molecule has 0 amide bonds. The lowest BCUT2D eigenvalue weighted by Gasteiger charge is -2.25. The maximum absolute atomic E-state index is 9.60. The van der Waals surface area contributed by atoms with E-state index in [0.29, 0.717) is 6.42 Å². The van der Waals surface area contributed by atoms with Gasteiger partial charge in [0.05, 0.1) is 11.7 Å². The van der Waals surface area contributed by atoms with E-state index in [1.54, 1.807) is 19.9 Å². The third-order valence-electron chi connectivity index (χ3n) is 2.43. The molecule has 1 heterocycles. The average Bonchev–Trinajstić information content (AvgIpc) is 2.17. The molecule has 0 radical (unpaired) electrons. The van der Waals surface area contributed by atoms with Gasteiger partial charge in [0.2, 0.25) is 0 Å². The summed E-state index contributed by atoms with van der Waals surface area (Å²) < 4.78 is 5.44. The number of rotatable bonds is 2. The highest BCUT2D eigenvalue weighted by atomic mass is 16.6. The molecule has 1 rings (SSSR count). The van der Waals surface area contributed by atoms with Gasteiger partial charge in [0.25, 0.3) is 0 Å². The van der Waals surface area contributed by atoms with Crippen LogP contribution in [-0.2, 0) is 4.74 Å². The van der Waals surface area contributed by atoms with E-state index in [0.717, 1.165) is 0 Å². The number of ether oxygens (including phenoxy) is 1. The highest BCUT2D eigenvalue weighted by Gasteiger charge is 2.48. The van der Waals surface area contributed by atoms with Crippen molar-refractivity contribution in [2.24, 2.45) is 0 Å². The summed E-state index contributed by atoms with van der Waals surface area (Å²) in [7, 11) is 0. The highest BCUT2D eigenvalue weighted by molar-refractivity contribution is 5.01. The first kappa shape index (κ1) is 9.71. The molecule has 2 N–H and O–H groups in total. The quantitative estimate of drug-likeness (QED) is 0.595. The van der Waals surface area contributed by atoms with Crippen LogP contribution in [0.4, 0.5) is 0 Å². The fourth-order valence-electron chi connectivity index (χ4n) is 1.64. The van der Waals surface area contributed by atoms with Crippen LogP contribution in [0.5, 0.6) is 0 Å². The van der Waals surface area contributed by atoms with Crippen LogP contribution in [0.25, 0.3) is 0 Å². The Balaban J connectivity index is 2.74. The maximum atomic E-state index is 9.60. The van der Waals surface area contributed by atoms with Crippen molar-refractivity contribution in [2.45, 2.75) is 44.2 Å². The van der Waals surface area contributed by atoms with E-state index >= 15 is 0 Å². The standard InChI is InChI=1S/C9H16O3/c1-4-5-9(3)8(11)7(10)6(2)12-9/h4,6-8,10-11H,1,5H2,2-3H3. The lowest BCUT2D eigenvalue weighted by Crippen LogP contribution is -2.40. The predicted molar refractivity (Wildman–Crippen MR) is 45.8 cm³/mol. The zero-order valence-electron chi connectivity index (χ0n) is 7.53. The molecule has 3 nitrogen and oxygen atoms in total. The van der Waals surface area contributed by atoms with E-state index in [4.69, 9.17) is 4.74 Å². The number of hydrogen-bond acceptors (Lipinski definition) is 3. The van der Waals surface area contributed by atoms with Crippen molar-refractivity contribution in [3.8, 4) is 0 Å². The minimum absolute atomic E-state index is 0.301. The second-order valence-corrected chi connectivity index (χ2v) is 3.56. The highest BCUT2D eigenvalue weighted by Crippen LogP contribution is 2.33. The third kappa shape index (κ3) is 1.40. The molecule has 4 atom stereocenters. The van der Waals surface area contributed by atoms with Crippen LogP contribution in [0.2, 0.25) is 0 Å². The Morgan fingerprint density at radius 2 is 2.17 bits per heavy atom. The zero-order valence-corrected chi connectivity index (χ0v) is 7.53. The minimum Gasteiger partial charge on any atom is -0.388 e. The van der Waals surface area contributed by atoms with E-state index in [1.165, 1.54) is 0 Å². The van der Waals surface area contributed by atoms with Crippen LogP contribution < -0.4 is 0 Å². The molecule has 0 bridgehead atoms. The van der Waals surface area contributed by atoms with Crippen LogP contribution in [0.3, 0.4) is 0 Å². The van der Waals surface area contributed by atoms with Gasteiger partial charge in [-0.3, -0.25) is 0 Å². The monoisotopic (exact) mass is 172 g/mol. The molecule has 1 fully saturated rings. The van der Waals surface area contributed by atoms with Crippen LogP contribution in [0, 0.1) is 0 Å². The van der Waals surface area contributed by atoms with Gasteiger partial charge in [-0.15, -0.1) is 6.58 Å². The fourth-order valence-corrected chi connectivity index (χ4v) is 1.64. The van der Waals surface area contributed by atoms with Gasteiger partial charge in [-0.05, 0) is 20.3 Å². The van der Waals surface area contributed by atoms with Gasteiger partial charge in [-0.1, -0.05) is 6.08 Å². The molecule has 0 aromatic heterocycles. The topological polar surface area (TPSA) is 49.7 Å². The summed E-state index contributed by atoms with van der Waals surface area (Å²) in [5, 5.41) is 19.0. The molecule has 1 saturated heterocycles. The van der Waals surface area contributed by atoms with E-state index < -0.39 is 17.8 Å². The molecule has 4 unspecified atom stereocenters. The largest absolute Gasteiger partial charge is 0.388 e. The molecular weight excluding hydrogens is 156 g/mol. The summed E-state index contributed by atoms with van der Waals surface area (Å²) >= 11 is 0. The minimum atomic E-state index is -0.814. The Bertz CT molecular complexity index is 181. The second-order valence-electron chi connectivity index (χ2n) is 3.56. The van der Waals surface area contributed by atoms with Crippen LogP contribution >= 0.6 is 0 Å². The lowest BCUT2D eigenvalue weighted by atomic mass is 9.93. The van der Waals surface area contributed by atoms with Crippen molar-refractivity contribution >= 4 is 0 Å². The smallest absolute Gasteiger partial charge is 0.111 e. The second kappa shape index (κ2) is 3.17. The Hall–Kier alpha value is -0.380. The predicted octanol–water partition coefficient (Wildman–Crippen LogP) is 0.462. The molecule has 0 aromatic carbocycles. The Kier molecular flexibility index (Phi) is 2.56. The first-order valence-corrected chi connectivity index (χ1v) is 4.16. The summed E-state index contributed by atoms with van der Waals surface area (Å²) in [4.78, 5) is 0. The molecule has 0 saturated carbocycles. The Morgan fingerprint density at radius 3 is 2.50 bits per heavy atom. The summed E-state index contributed by atoms with van der Waals surface area (Å²) in [6.45, 7) is 7.12. The first-order chi connectivity index (χ1) is 5.51. The SMILES string of the molecule is C=CCC1(C)OC(C)C(O)C1O. The number of aliphatic hydroxyl groups excluding tert-OH is 2. The van der Waals surface area contributed by atoms with Crippen molar-refractivity contribution in [2.75, 3.05) is 0 Å².